The molecule has 30 heavy (non-hydrogen) atoms. The highest BCUT2D eigenvalue weighted by Gasteiger charge is 2.16. The molecule has 0 aromatic heterocycles. The Morgan fingerprint density at radius 2 is 1.10 bits per heavy atom. The van der Waals surface area contributed by atoms with E-state index in [1.165, 1.54) is 83.5 Å². The summed E-state index contributed by atoms with van der Waals surface area (Å²) in [5.74, 6) is -1.04. The van der Waals surface area contributed by atoms with E-state index >= 15 is 0 Å². The highest BCUT2D eigenvalue weighted by Crippen LogP contribution is 2.29. The van der Waals surface area contributed by atoms with Crippen LogP contribution in [-0.4, -0.2) is 16.2 Å². The molecule has 0 saturated carbocycles. The molecule has 2 N–H and O–H groups in total. The van der Waals surface area contributed by atoms with E-state index in [1.54, 1.807) is 6.07 Å². The summed E-state index contributed by atoms with van der Waals surface area (Å²) in [5.41, 5.74) is 2.07. The molecule has 0 aliphatic rings. The number of phenols is 1. The van der Waals surface area contributed by atoms with Crippen LogP contribution in [-0.2, 0) is 12.8 Å². The zero-order valence-electron chi connectivity index (χ0n) is 19.7. The van der Waals surface area contributed by atoms with Crippen molar-refractivity contribution in [3.8, 4) is 5.75 Å². The zero-order valence-corrected chi connectivity index (χ0v) is 19.7. The van der Waals surface area contributed by atoms with Crippen molar-refractivity contribution in [3.05, 3.63) is 28.8 Å². The summed E-state index contributed by atoms with van der Waals surface area (Å²) in [6.07, 6.45) is 21.9. The largest absolute Gasteiger partial charge is 0.507 e. The normalized spacial score (nSPS) is 11.1. The van der Waals surface area contributed by atoms with Crippen molar-refractivity contribution in [2.45, 2.75) is 129 Å². The molecule has 172 valence electrons. The molecule has 0 amide bonds. The van der Waals surface area contributed by atoms with Gasteiger partial charge in [-0.05, 0) is 42.9 Å². The lowest BCUT2D eigenvalue weighted by molar-refractivity contribution is 0.0693. The smallest absolute Gasteiger partial charge is 0.339 e. The first-order chi connectivity index (χ1) is 14.6. The minimum Gasteiger partial charge on any atom is -0.507 e. The number of hydrogen-bond acceptors (Lipinski definition) is 2. The lowest BCUT2D eigenvalue weighted by atomic mass is 9.93. The van der Waals surface area contributed by atoms with Gasteiger partial charge in [-0.1, -0.05) is 110 Å². The molecule has 1 rings (SSSR count). The molecule has 0 heterocycles. The SMILES string of the molecule is CCCCCCCCCCc1ccc(C(=O)O)c(O)c1CCCCCCCCCC. The van der Waals surface area contributed by atoms with Crippen LogP contribution in [0.25, 0.3) is 0 Å². The van der Waals surface area contributed by atoms with Crippen LogP contribution < -0.4 is 0 Å². The summed E-state index contributed by atoms with van der Waals surface area (Å²) in [5, 5.41) is 20.0. The number of aryl methyl sites for hydroxylation is 1. The third-order valence-corrected chi connectivity index (χ3v) is 6.19. The molecule has 0 aliphatic heterocycles. The Labute approximate surface area is 185 Å². The van der Waals surface area contributed by atoms with Gasteiger partial charge < -0.3 is 10.2 Å². The van der Waals surface area contributed by atoms with Crippen LogP contribution in [0.5, 0.6) is 5.75 Å². The van der Waals surface area contributed by atoms with E-state index in [-0.39, 0.29) is 11.3 Å². The predicted octanol–water partition coefficient (Wildman–Crippen LogP) is 8.46. The van der Waals surface area contributed by atoms with Crippen LogP contribution in [0.1, 0.15) is 138 Å². The number of aromatic carboxylic acids is 1. The van der Waals surface area contributed by atoms with Gasteiger partial charge in [-0.15, -0.1) is 0 Å². The van der Waals surface area contributed by atoms with Crippen LogP contribution in [0, 0.1) is 0 Å². The quantitative estimate of drug-likeness (QED) is 0.221. The van der Waals surface area contributed by atoms with E-state index in [0.717, 1.165) is 43.2 Å². The molecular formula is C27H46O3. The van der Waals surface area contributed by atoms with Gasteiger partial charge in [0.1, 0.15) is 11.3 Å². The standard InChI is InChI=1S/C27H46O3/c1-3-5-7-9-11-13-15-17-19-23-21-22-25(27(29)30)26(28)24(23)20-18-16-14-12-10-8-6-4-2/h21-22,28H,3-20H2,1-2H3,(H,29,30). The Kier molecular flexibility index (Phi) is 15.2. The monoisotopic (exact) mass is 418 g/mol. The van der Waals surface area contributed by atoms with Crippen molar-refractivity contribution < 1.29 is 15.0 Å². The molecular weight excluding hydrogens is 372 g/mol. The molecule has 0 unspecified atom stereocenters. The zero-order chi connectivity index (χ0) is 22.0. The molecule has 0 atom stereocenters. The number of unbranched alkanes of at least 4 members (excludes halogenated alkanes) is 14. The highest BCUT2D eigenvalue weighted by atomic mass is 16.4. The Balaban J connectivity index is 2.47. The van der Waals surface area contributed by atoms with Crippen LogP contribution >= 0.6 is 0 Å². The van der Waals surface area contributed by atoms with Crippen molar-refractivity contribution in [1.82, 2.24) is 0 Å². The van der Waals surface area contributed by atoms with Gasteiger partial charge in [-0.3, -0.25) is 0 Å². The Morgan fingerprint density at radius 1 is 0.667 bits per heavy atom. The number of carboxylic acid groups (broad SMARTS) is 1. The first kappa shape index (κ1) is 26.5. The van der Waals surface area contributed by atoms with Gasteiger partial charge in [0.15, 0.2) is 0 Å². The van der Waals surface area contributed by atoms with Crippen molar-refractivity contribution >= 4 is 5.97 Å². The molecule has 3 heteroatoms. The summed E-state index contributed by atoms with van der Waals surface area (Å²) in [4.78, 5) is 11.4. The summed E-state index contributed by atoms with van der Waals surface area (Å²) >= 11 is 0. The van der Waals surface area contributed by atoms with Crippen molar-refractivity contribution in [2.75, 3.05) is 0 Å². The first-order valence-electron chi connectivity index (χ1n) is 12.7. The fourth-order valence-corrected chi connectivity index (χ4v) is 4.25. The summed E-state index contributed by atoms with van der Waals surface area (Å²) in [7, 11) is 0. The molecule has 0 radical (unpaired) electrons. The summed E-state index contributed by atoms with van der Waals surface area (Å²) < 4.78 is 0. The molecule has 0 aliphatic carbocycles. The Hall–Kier alpha value is -1.51. The topological polar surface area (TPSA) is 57.5 Å². The third kappa shape index (κ3) is 11.0. The fourth-order valence-electron chi connectivity index (χ4n) is 4.25. The predicted molar refractivity (Wildman–Crippen MR) is 128 cm³/mol. The van der Waals surface area contributed by atoms with Gasteiger partial charge in [0.2, 0.25) is 0 Å². The van der Waals surface area contributed by atoms with Gasteiger partial charge in [0.05, 0.1) is 0 Å². The van der Waals surface area contributed by atoms with E-state index in [1.807, 2.05) is 6.07 Å². The lowest BCUT2D eigenvalue weighted by Crippen LogP contribution is -2.03. The van der Waals surface area contributed by atoms with Crippen molar-refractivity contribution in [2.24, 2.45) is 0 Å². The molecule has 1 aromatic carbocycles. The van der Waals surface area contributed by atoms with Gasteiger partial charge in [0.25, 0.3) is 0 Å². The number of rotatable bonds is 19. The van der Waals surface area contributed by atoms with Crippen LogP contribution in [0.15, 0.2) is 12.1 Å². The average Bonchev–Trinajstić information content (AvgIpc) is 2.73. The number of hydrogen-bond donors (Lipinski definition) is 2. The van der Waals surface area contributed by atoms with Gasteiger partial charge in [-0.2, -0.15) is 0 Å². The summed E-state index contributed by atoms with van der Waals surface area (Å²) in [6.45, 7) is 4.49. The maximum atomic E-state index is 11.4. The Bertz CT molecular complexity index is 580. The van der Waals surface area contributed by atoms with Gasteiger partial charge in [0, 0.05) is 0 Å². The number of carboxylic acids is 1. The maximum absolute atomic E-state index is 11.4. The molecule has 0 fully saturated rings. The summed E-state index contributed by atoms with van der Waals surface area (Å²) in [6, 6.07) is 3.51. The lowest BCUT2D eigenvalue weighted by Gasteiger charge is -2.14. The van der Waals surface area contributed by atoms with Crippen molar-refractivity contribution in [1.29, 1.82) is 0 Å². The van der Waals surface area contributed by atoms with E-state index in [0.29, 0.717) is 0 Å². The van der Waals surface area contributed by atoms with Gasteiger partial charge in [-0.25, -0.2) is 4.79 Å². The molecule has 0 spiro atoms. The molecule has 3 nitrogen and oxygen atoms in total. The third-order valence-electron chi connectivity index (χ3n) is 6.19. The number of benzene rings is 1. The van der Waals surface area contributed by atoms with E-state index in [9.17, 15) is 15.0 Å². The minimum absolute atomic E-state index is 0.00233. The second kappa shape index (κ2) is 17.2. The maximum Gasteiger partial charge on any atom is 0.339 e. The van der Waals surface area contributed by atoms with Crippen LogP contribution in [0.4, 0.5) is 0 Å². The minimum atomic E-state index is -1.04. The van der Waals surface area contributed by atoms with E-state index < -0.39 is 5.97 Å². The highest BCUT2D eigenvalue weighted by molar-refractivity contribution is 5.91. The first-order valence-corrected chi connectivity index (χ1v) is 12.7. The average molecular weight is 419 g/mol. The Morgan fingerprint density at radius 3 is 1.57 bits per heavy atom. The number of carbonyl (C=O) groups is 1. The fraction of sp³-hybridized carbons (Fsp3) is 0.741. The second-order valence-electron chi connectivity index (χ2n) is 8.85. The number of aromatic hydroxyl groups is 1. The van der Waals surface area contributed by atoms with Gasteiger partial charge >= 0.3 is 5.97 Å². The molecule has 0 saturated heterocycles. The molecule has 0 bridgehead atoms. The van der Waals surface area contributed by atoms with E-state index in [2.05, 4.69) is 13.8 Å². The second-order valence-corrected chi connectivity index (χ2v) is 8.85. The van der Waals surface area contributed by atoms with E-state index in [4.69, 9.17) is 0 Å². The van der Waals surface area contributed by atoms with Crippen LogP contribution in [0.3, 0.4) is 0 Å². The van der Waals surface area contributed by atoms with Crippen molar-refractivity contribution in [3.63, 3.8) is 0 Å². The van der Waals surface area contributed by atoms with Crippen LogP contribution in [0.2, 0.25) is 0 Å². The molecule has 1 aromatic rings.